The topological polar surface area (TPSA) is 54.4 Å². The lowest BCUT2D eigenvalue weighted by atomic mass is 9.95. The highest BCUT2D eigenvalue weighted by Crippen LogP contribution is 2.32. The summed E-state index contributed by atoms with van der Waals surface area (Å²) in [4.78, 5) is 22.6. The highest BCUT2D eigenvalue weighted by molar-refractivity contribution is 6.09. The molecule has 6 heteroatoms. The van der Waals surface area contributed by atoms with Gasteiger partial charge in [0.05, 0.1) is 5.56 Å². The fourth-order valence-corrected chi connectivity index (χ4v) is 2.05. The molecule has 0 atom stereocenters. The number of hydrogen-bond donors (Lipinski definition) is 1. The molecule has 2 aromatic carbocycles. The van der Waals surface area contributed by atoms with E-state index < -0.39 is 29.9 Å². The molecule has 0 heterocycles. The van der Waals surface area contributed by atoms with Crippen LogP contribution in [0.2, 0.25) is 0 Å². The van der Waals surface area contributed by atoms with Crippen molar-refractivity contribution < 1.29 is 27.9 Å². The van der Waals surface area contributed by atoms with E-state index in [2.05, 4.69) is 0 Å². The predicted octanol–water partition coefficient (Wildman–Crippen LogP) is 4.03. The summed E-state index contributed by atoms with van der Waals surface area (Å²) in [5.74, 6) is -1.85. The predicted molar refractivity (Wildman–Crippen MR) is 73.5 cm³/mol. The number of ketones is 1. The second-order valence-electron chi connectivity index (χ2n) is 4.61. The molecule has 0 spiro atoms. The standard InChI is InChI=1S/C16H11F3O3/c17-16(18,19)11-7-5-10(6-8-11)12-3-1-2-4-13(12)14(20)9-15(21)22/h1-8H,9H2,(H,21,22). The normalized spacial score (nSPS) is 11.2. The van der Waals surface area contributed by atoms with E-state index in [1.165, 1.54) is 18.2 Å². The molecule has 0 fully saturated rings. The SMILES string of the molecule is O=C(O)CC(=O)c1ccccc1-c1ccc(C(F)(F)F)cc1. The Morgan fingerprint density at radius 2 is 1.55 bits per heavy atom. The van der Waals surface area contributed by atoms with E-state index >= 15 is 0 Å². The first kappa shape index (κ1) is 15.8. The number of carbonyl (C=O) groups excluding carboxylic acids is 1. The zero-order valence-electron chi connectivity index (χ0n) is 11.2. The Kier molecular flexibility index (Phi) is 4.30. The molecule has 0 radical (unpaired) electrons. The first-order chi connectivity index (χ1) is 10.3. The molecule has 0 unspecified atom stereocenters. The molecule has 0 aliphatic carbocycles. The fraction of sp³-hybridized carbons (Fsp3) is 0.125. The quantitative estimate of drug-likeness (QED) is 0.685. The van der Waals surface area contributed by atoms with Crippen molar-refractivity contribution in [3.05, 3.63) is 59.7 Å². The zero-order chi connectivity index (χ0) is 16.3. The first-order valence-electron chi connectivity index (χ1n) is 6.30. The Morgan fingerprint density at radius 3 is 2.09 bits per heavy atom. The van der Waals surface area contributed by atoms with Gasteiger partial charge in [0.15, 0.2) is 5.78 Å². The minimum atomic E-state index is -4.43. The van der Waals surface area contributed by atoms with Gasteiger partial charge in [-0.1, -0.05) is 36.4 Å². The molecule has 0 amide bonds. The van der Waals surface area contributed by atoms with Crippen molar-refractivity contribution in [2.75, 3.05) is 0 Å². The van der Waals surface area contributed by atoms with Crippen LogP contribution in [0, 0.1) is 0 Å². The summed E-state index contributed by atoms with van der Waals surface area (Å²) in [6, 6.07) is 10.6. The van der Waals surface area contributed by atoms with Gasteiger partial charge in [-0.15, -0.1) is 0 Å². The molecule has 1 N–H and O–H groups in total. The highest BCUT2D eigenvalue weighted by atomic mass is 19.4. The summed E-state index contributed by atoms with van der Waals surface area (Å²) in [7, 11) is 0. The van der Waals surface area contributed by atoms with Crippen LogP contribution in [0.4, 0.5) is 13.2 Å². The second kappa shape index (κ2) is 6.01. The van der Waals surface area contributed by atoms with Gasteiger partial charge in [0.2, 0.25) is 0 Å². The third-order valence-corrected chi connectivity index (χ3v) is 3.06. The van der Waals surface area contributed by atoms with Crippen molar-refractivity contribution in [1.82, 2.24) is 0 Å². The fourth-order valence-electron chi connectivity index (χ4n) is 2.05. The molecular formula is C16H11F3O3. The van der Waals surface area contributed by atoms with Crippen LogP contribution in [0.5, 0.6) is 0 Å². The van der Waals surface area contributed by atoms with Gasteiger partial charge in [-0.3, -0.25) is 9.59 Å². The first-order valence-corrected chi connectivity index (χ1v) is 6.30. The van der Waals surface area contributed by atoms with E-state index in [4.69, 9.17) is 5.11 Å². The Bertz CT molecular complexity index is 703. The lowest BCUT2D eigenvalue weighted by Gasteiger charge is -2.10. The van der Waals surface area contributed by atoms with Crippen molar-refractivity contribution in [2.45, 2.75) is 12.6 Å². The molecule has 3 nitrogen and oxygen atoms in total. The van der Waals surface area contributed by atoms with Crippen molar-refractivity contribution in [2.24, 2.45) is 0 Å². The lowest BCUT2D eigenvalue weighted by Crippen LogP contribution is -2.08. The molecule has 2 rings (SSSR count). The second-order valence-corrected chi connectivity index (χ2v) is 4.61. The van der Waals surface area contributed by atoms with Crippen LogP contribution in [-0.4, -0.2) is 16.9 Å². The van der Waals surface area contributed by atoms with Crippen molar-refractivity contribution in [3.63, 3.8) is 0 Å². The smallest absolute Gasteiger partial charge is 0.416 e. The summed E-state index contributed by atoms with van der Waals surface area (Å²) in [5, 5.41) is 8.69. The molecule has 0 aliphatic rings. The van der Waals surface area contributed by atoms with Crippen LogP contribution in [-0.2, 0) is 11.0 Å². The number of Topliss-reactive ketones (excluding diaryl/α,β-unsaturated/α-hetero) is 1. The van der Waals surface area contributed by atoms with E-state index in [1.807, 2.05) is 0 Å². The van der Waals surface area contributed by atoms with Crippen LogP contribution >= 0.6 is 0 Å². The van der Waals surface area contributed by atoms with Gasteiger partial charge >= 0.3 is 12.1 Å². The summed E-state index contributed by atoms with van der Waals surface area (Å²) in [6.45, 7) is 0. The maximum Gasteiger partial charge on any atom is 0.416 e. The maximum absolute atomic E-state index is 12.6. The third kappa shape index (κ3) is 3.52. The Balaban J connectivity index is 2.41. The number of carboxylic acids is 1. The van der Waals surface area contributed by atoms with Crippen molar-refractivity contribution in [3.8, 4) is 11.1 Å². The molecule has 0 bridgehead atoms. The van der Waals surface area contributed by atoms with Gasteiger partial charge in [0, 0.05) is 5.56 Å². The molecular weight excluding hydrogens is 297 g/mol. The van der Waals surface area contributed by atoms with Gasteiger partial charge < -0.3 is 5.11 Å². The minimum absolute atomic E-state index is 0.171. The van der Waals surface area contributed by atoms with Crippen LogP contribution in [0.1, 0.15) is 22.3 Å². The van der Waals surface area contributed by atoms with E-state index in [1.54, 1.807) is 18.2 Å². The molecule has 22 heavy (non-hydrogen) atoms. The average molecular weight is 308 g/mol. The molecule has 2 aromatic rings. The Labute approximate surface area is 124 Å². The van der Waals surface area contributed by atoms with Crippen LogP contribution in [0.3, 0.4) is 0 Å². The van der Waals surface area contributed by atoms with Gasteiger partial charge in [-0.25, -0.2) is 0 Å². The average Bonchev–Trinajstić information content (AvgIpc) is 2.46. The Hall–Kier alpha value is -2.63. The molecule has 0 aliphatic heterocycles. The summed E-state index contributed by atoms with van der Waals surface area (Å²) < 4.78 is 37.7. The number of rotatable bonds is 4. The van der Waals surface area contributed by atoms with Gasteiger partial charge in [0.1, 0.15) is 6.42 Å². The molecule has 114 valence electrons. The number of carboxylic acid groups (broad SMARTS) is 1. The van der Waals surface area contributed by atoms with E-state index in [-0.39, 0.29) is 5.56 Å². The summed E-state index contributed by atoms with van der Waals surface area (Å²) in [5.41, 5.74) is 0.208. The van der Waals surface area contributed by atoms with Crippen molar-refractivity contribution in [1.29, 1.82) is 0 Å². The summed E-state index contributed by atoms with van der Waals surface area (Å²) in [6.07, 6.45) is -5.10. The van der Waals surface area contributed by atoms with E-state index in [9.17, 15) is 22.8 Å². The highest BCUT2D eigenvalue weighted by Gasteiger charge is 2.30. The lowest BCUT2D eigenvalue weighted by molar-refractivity contribution is -0.138. The van der Waals surface area contributed by atoms with E-state index in [0.29, 0.717) is 11.1 Å². The van der Waals surface area contributed by atoms with Crippen LogP contribution in [0.25, 0.3) is 11.1 Å². The monoisotopic (exact) mass is 308 g/mol. The van der Waals surface area contributed by atoms with Gasteiger partial charge in [-0.05, 0) is 23.3 Å². The molecule has 0 saturated heterocycles. The number of aliphatic carboxylic acids is 1. The van der Waals surface area contributed by atoms with Gasteiger partial charge in [0.25, 0.3) is 0 Å². The number of carbonyl (C=O) groups is 2. The van der Waals surface area contributed by atoms with Gasteiger partial charge in [-0.2, -0.15) is 13.2 Å². The number of hydrogen-bond acceptors (Lipinski definition) is 2. The van der Waals surface area contributed by atoms with E-state index in [0.717, 1.165) is 12.1 Å². The van der Waals surface area contributed by atoms with Crippen LogP contribution in [0.15, 0.2) is 48.5 Å². The Morgan fingerprint density at radius 1 is 0.955 bits per heavy atom. The molecule has 0 saturated carbocycles. The minimum Gasteiger partial charge on any atom is -0.481 e. The number of halogens is 3. The number of alkyl halides is 3. The molecule has 0 aromatic heterocycles. The number of benzene rings is 2. The largest absolute Gasteiger partial charge is 0.481 e. The maximum atomic E-state index is 12.6. The third-order valence-electron chi connectivity index (χ3n) is 3.06. The van der Waals surface area contributed by atoms with Crippen molar-refractivity contribution >= 4 is 11.8 Å². The van der Waals surface area contributed by atoms with Crippen LogP contribution < -0.4 is 0 Å². The zero-order valence-corrected chi connectivity index (χ0v) is 11.2. The summed E-state index contributed by atoms with van der Waals surface area (Å²) >= 11 is 0.